The molecule has 3 rings (SSSR count). The minimum absolute atomic E-state index is 0.0570. The third-order valence-corrected chi connectivity index (χ3v) is 4.90. The number of hydrogen-bond acceptors (Lipinski definition) is 5. The molecule has 1 aromatic heterocycles. The zero-order valence-electron chi connectivity index (χ0n) is 16.4. The summed E-state index contributed by atoms with van der Waals surface area (Å²) in [6.45, 7) is 2.54. The number of imide groups is 1. The van der Waals surface area contributed by atoms with Gasteiger partial charge < -0.3 is 9.73 Å². The van der Waals surface area contributed by atoms with E-state index in [9.17, 15) is 14.4 Å². The smallest absolute Gasteiger partial charge is 0.261 e. The summed E-state index contributed by atoms with van der Waals surface area (Å²) in [7, 11) is 3.84. The Hall–Kier alpha value is -2.93. The lowest BCUT2D eigenvalue weighted by Gasteiger charge is -2.22. The zero-order chi connectivity index (χ0) is 20.3. The molecule has 0 radical (unpaired) electrons. The molecule has 1 atom stereocenters. The van der Waals surface area contributed by atoms with Crippen LogP contribution in [0.15, 0.2) is 41.0 Å². The molecule has 2 aromatic rings. The summed E-state index contributed by atoms with van der Waals surface area (Å²) < 4.78 is 5.43. The Bertz CT molecular complexity index is 874. The molecule has 7 heteroatoms. The number of rotatable bonds is 8. The van der Waals surface area contributed by atoms with E-state index in [0.29, 0.717) is 24.1 Å². The lowest BCUT2D eigenvalue weighted by Crippen LogP contribution is -2.35. The summed E-state index contributed by atoms with van der Waals surface area (Å²) in [4.78, 5) is 40.2. The maximum atomic E-state index is 12.4. The first kappa shape index (κ1) is 19.8. The summed E-state index contributed by atoms with van der Waals surface area (Å²) >= 11 is 0. The first-order valence-corrected chi connectivity index (χ1v) is 9.32. The molecule has 28 heavy (non-hydrogen) atoms. The number of aryl methyl sites for hydroxylation is 1. The second-order valence-electron chi connectivity index (χ2n) is 7.21. The van der Waals surface area contributed by atoms with E-state index in [4.69, 9.17) is 4.42 Å². The summed E-state index contributed by atoms with van der Waals surface area (Å²) in [5.74, 6) is 0.0953. The molecular formula is C21H25N3O4. The molecule has 1 aliphatic heterocycles. The first-order chi connectivity index (χ1) is 13.4. The van der Waals surface area contributed by atoms with E-state index in [1.165, 1.54) is 4.90 Å². The van der Waals surface area contributed by atoms with Crippen LogP contribution in [0.3, 0.4) is 0 Å². The van der Waals surface area contributed by atoms with Gasteiger partial charge in [-0.15, -0.1) is 0 Å². The van der Waals surface area contributed by atoms with Crippen molar-refractivity contribution in [2.75, 3.05) is 27.2 Å². The van der Waals surface area contributed by atoms with Crippen LogP contribution in [-0.4, -0.2) is 54.7 Å². The fourth-order valence-electron chi connectivity index (χ4n) is 3.32. The molecule has 148 valence electrons. The molecule has 1 aromatic carbocycles. The summed E-state index contributed by atoms with van der Waals surface area (Å²) in [5, 5.41) is 2.90. The number of carbonyl (C=O) groups is 3. The van der Waals surface area contributed by atoms with Crippen LogP contribution in [0.4, 0.5) is 0 Å². The topological polar surface area (TPSA) is 82.9 Å². The van der Waals surface area contributed by atoms with Crippen molar-refractivity contribution in [1.82, 2.24) is 15.1 Å². The molecule has 3 amide bonds. The van der Waals surface area contributed by atoms with Gasteiger partial charge in [-0.25, -0.2) is 0 Å². The Kier molecular flexibility index (Phi) is 5.94. The third-order valence-electron chi connectivity index (χ3n) is 4.90. The lowest BCUT2D eigenvalue weighted by atomic mass is 10.1. The minimum atomic E-state index is -0.286. The van der Waals surface area contributed by atoms with Gasteiger partial charge >= 0.3 is 0 Å². The van der Waals surface area contributed by atoms with Gasteiger partial charge in [-0.2, -0.15) is 0 Å². The number of nitrogens with one attached hydrogen (secondary N) is 1. The lowest BCUT2D eigenvalue weighted by molar-refractivity contribution is -0.121. The number of fused-ring (bicyclic) bond motifs is 1. The van der Waals surface area contributed by atoms with E-state index in [-0.39, 0.29) is 36.7 Å². The van der Waals surface area contributed by atoms with Gasteiger partial charge in [0.05, 0.1) is 23.4 Å². The standard InChI is InChI=1S/C21H25N3O4/c1-14-8-9-15-16(12-14)21(27)24(20(15)26)10-4-7-19(25)22-13-17(23(2)3)18-6-5-11-28-18/h5-6,8-9,11-12,17H,4,7,10,13H2,1-3H3,(H,22,25). The Morgan fingerprint density at radius 1 is 1.18 bits per heavy atom. The van der Waals surface area contributed by atoms with Crippen LogP contribution in [0.2, 0.25) is 0 Å². The van der Waals surface area contributed by atoms with E-state index in [2.05, 4.69) is 5.32 Å². The molecular weight excluding hydrogens is 358 g/mol. The Balaban J connectivity index is 1.48. The van der Waals surface area contributed by atoms with Crippen LogP contribution in [0.5, 0.6) is 0 Å². The second kappa shape index (κ2) is 8.39. The van der Waals surface area contributed by atoms with Crippen molar-refractivity contribution in [3.05, 3.63) is 59.0 Å². The van der Waals surface area contributed by atoms with E-state index >= 15 is 0 Å². The highest BCUT2D eigenvalue weighted by Gasteiger charge is 2.35. The molecule has 0 aliphatic carbocycles. The minimum Gasteiger partial charge on any atom is -0.468 e. The van der Waals surface area contributed by atoms with Gasteiger partial charge in [-0.05, 0) is 51.7 Å². The molecule has 0 spiro atoms. The maximum absolute atomic E-state index is 12.4. The fraction of sp³-hybridized carbons (Fsp3) is 0.381. The van der Waals surface area contributed by atoms with Crippen molar-refractivity contribution in [2.45, 2.75) is 25.8 Å². The third kappa shape index (κ3) is 4.14. The largest absolute Gasteiger partial charge is 0.468 e. The van der Waals surface area contributed by atoms with E-state index in [1.54, 1.807) is 18.4 Å². The van der Waals surface area contributed by atoms with Crippen LogP contribution in [0.25, 0.3) is 0 Å². The van der Waals surface area contributed by atoms with Crippen LogP contribution in [-0.2, 0) is 4.79 Å². The van der Waals surface area contributed by atoms with Gasteiger partial charge in [0.15, 0.2) is 0 Å². The number of benzene rings is 1. The van der Waals surface area contributed by atoms with Crippen LogP contribution in [0, 0.1) is 6.92 Å². The van der Waals surface area contributed by atoms with Crippen molar-refractivity contribution in [1.29, 1.82) is 0 Å². The molecule has 7 nitrogen and oxygen atoms in total. The number of amides is 3. The molecule has 1 N–H and O–H groups in total. The molecule has 2 heterocycles. The number of likely N-dealkylation sites (N-methyl/N-ethyl adjacent to an activating group) is 1. The zero-order valence-corrected chi connectivity index (χ0v) is 16.4. The molecule has 0 saturated heterocycles. The summed E-state index contributed by atoms with van der Waals surface area (Å²) in [6, 6.07) is 8.88. The Labute approximate surface area is 164 Å². The molecule has 1 aliphatic rings. The quantitative estimate of drug-likeness (QED) is 0.708. The summed E-state index contributed by atoms with van der Waals surface area (Å²) in [6.07, 6.45) is 2.27. The van der Waals surface area contributed by atoms with Crippen molar-refractivity contribution < 1.29 is 18.8 Å². The maximum Gasteiger partial charge on any atom is 0.261 e. The SMILES string of the molecule is Cc1ccc2c(c1)C(=O)N(CCCC(=O)NCC(c1ccco1)N(C)C)C2=O. The average molecular weight is 383 g/mol. The Morgan fingerprint density at radius 2 is 1.93 bits per heavy atom. The van der Waals surface area contributed by atoms with E-state index in [1.807, 2.05) is 44.1 Å². The van der Waals surface area contributed by atoms with Crippen LogP contribution < -0.4 is 5.32 Å². The van der Waals surface area contributed by atoms with Crippen molar-refractivity contribution >= 4 is 17.7 Å². The van der Waals surface area contributed by atoms with E-state index in [0.717, 1.165) is 11.3 Å². The van der Waals surface area contributed by atoms with Gasteiger partial charge in [0.2, 0.25) is 5.91 Å². The number of nitrogens with zero attached hydrogens (tertiary/aromatic N) is 2. The van der Waals surface area contributed by atoms with Gasteiger partial charge in [0.1, 0.15) is 5.76 Å². The summed E-state index contributed by atoms with van der Waals surface area (Å²) in [5.41, 5.74) is 1.82. The predicted molar refractivity (Wildman–Crippen MR) is 104 cm³/mol. The predicted octanol–water partition coefficient (Wildman–Crippen LogP) is 2.38. The highest BCUT2D eigenvalue weighted by molar-refractivity contribution is 6.21. The molecule has 0 bridgehead atoms. The van der Waals surface area contributed by atoms with Crippen molar-refractivity contribution in [2.24, 2.45) is 0 Å². The van der Waals surface area contributed by atoms with Gasteiger partial charge in [0.25, 0.3) is 11.8 Å². The molecule has 0 fully saturated rings. The fourth-order valence-corrected chi connectivity index (χ4v) is 3.32. The number of furan rings is 1. The van der Waals surface area contributed by atoms with Crippen molar-refractivity contribution in [3.63, 3.8) is 0 Å². The number of hydrogen-bond donors (Lipinski definition) is 1. The van der Waals surface area contributed by atoms with Gasteiger partial charge in [-0.1, -0.05) is 11.6 Å². The second-order valence-corrected chi connectivity index (χ2v) is 7.21. The molecule has 1 unspecified atom stereocenters. The highest BCUT2D eigenvalue weighted by Crippen LogP contribution is 2.24. The van der Waals surface area contributed by atoms with Crippen LogP contribution in [0.1, 0.15) is 50.9 Å². The monoisotopic (exact) mass is 383 g/mol. The number of carbonyl (C=O) groups excluding carboxylic acids is 3. The first-order valence-electron chi connectivity index (χ1n) is 9.32. The van der Waals surface area contributed by atoms with E-state index < -0.39 is 0 Å². The van der Waals surface area contributed by atoms with Crippen LogP contribution >= 0.6 is 0 Å². The van der Waals surface area contributed by atoms with Gasteiger partial charge in [0, 0.05) is 19.5 Å². The van der Waals surface area contributed by atoms with Crippen molar-refractivity contribution in [3.8, 4) is 0 Å². The average Bonchev–Trinajstić information content (AvgIpc) is 3.25. The van der Waals surface area contributed by atoms with Gasteiger partial charge in [-0.3, -0.25) is 24.2 Å². The molecule has 0 saturated carbocycles. The highest BCUT2D eigenvalue weighted by atomic mass is 16.3. The normalized spacial score (nSPS) is 14.5. The Morgan fingerprint density at radius 3 is 2.61 bits per heavy atom.